The monoisotopic (exact) mass is 228 g/mol. The third kappa shape index (κ3) is 1.24. The maximum Gasteiger partial charge on any atom is 0.122 e. The predicted molar refractivity (Wildman–Crippen MR) is 61.2 cm³/mol. The van der Waals surface area contributed by atoms with Crippen LogP contribution in [0.5, 0.6) is 0 Å². The lowest BCUT2D eigenvalue weighted by Gasteiger charge is -2.43. The molecule has 4 heteroatoms. The van der Waals surface area contributed by atoms with Gasteiger partial charge in [-0.1, -0.05) is 19.3 Å². The number of rotatable bonds is 0. The number of hydrogen-bond acceptors (Lipinski definition) is 4. The number of hydrogen-bond donors (Lipinski definition) is 2. The van der Waals surface area contributed by atoms with Gasteiger partial charge in [-0.3, -0.25) is 0 Å². The molecular formula is C12H24N2O2. The Hall–Kier alpha value is -0.160. The van der Waals surface area contributed by atoms with Gasteiger partial charge >= 0.3 is 0 Å². The molecule has 0 amide bonds. The van der Waals surface area contributed by atoms with Gasteiger partial charge in [0.1, 0.15) is 5.66 Å². The lowest BCUT2D eigenvalue weighted by atomic mass is 9.84. The molecule has 1 heterocycles. The van der Waals surface area contributed by atoms with Crippen LogP contribution in [-0.2, 0) is 0 Å². The largest absolute Gasteiger partial charge is 0.311 e. The van der Waals surface area contributed by atoms with Gasteiger partial charge in [-0.25, -0.2) is 0 Å². The van der Waals surface area contributed by atoms with Crippen LogP contribution in [0.3, 0.4) is 0 Å². The Morgan fingerprint density at radius 3 is 1.50 bits per heavy atom. The SMILES string of the molecule is CC1(C)N(O)C2(CCCCC2)N(O)C1(C)C. The van der Waals surface area contributed by atoms with Gasteiger partial charge in [-0.05, 0) is 40.5 Å². The standard InChI is InChI=1S/C12H24N2O2/c1-10(2)11(3,4)14(16)12(13(10)15)8-6-5-7-9-12/h15-16H,5-9H2,1-4H3. The lowest BCUT2D eigenvalue weighted by molar-refractivity contribution is -0.289. The molecule has 0 aromatic carbocycles. The third-order valence-electron chi connectivity index (χ3n) is 5.00. The molecule has 0 radical (unpaired) electrons. The van der Waals surface area contributed by atoms with Crippen molar-refractivity contribution in [3.63, 3.8) is 0 Å². The van der Waals surface area contributed by atoms with Crippen molar-refractivity contribution in [2.75, 3.05) is 0 Å². The molecule has 0 unspecified atom stereocenters. The van der Waals surface area contributed by atoms with Crippen molar-refractivity contribution >= 4 is 0 Å². The summed E-state index contributed by atoms with van der Waals surface area (Å²) in [6.07, 6.45) is 5.02. The topological polar surface area (TPSA) is 46.9 Å². The molecule has 2 rings (SSSR count). The van der Waals surface area contributed by atoms with Crippen molar-refractivity contribution in [1.29, 1.82) is 0 Å². The van der Waals surface area contributed by atoms with E-state index in [1.807, 2.05) is 27.7 Å². The van der Waals surface area contributed by atoms with Crippen LogP contribution in [-0.4, -0.2) is 37.3 Å². The average molecular weight is 228 g/mol. The van der Waals surface area contributed by atoms with E-state index in [2.05, 4.69) is 0 Å². The smallest absolute Gasteiger partial charge is 0.122 e. The maximum atomic E-state index is 10.5. The molecule has 1 aliphatic carbocycles. The van der Waals surface area contributed by atoms with Crippen LogP contribution in [0.4, 0.5) is 0 Å². The highest BCUT2D eigenvalue weighted by Crippen LogP contribution is 2.51. The highest BCUT2D eigenvalue weighted by Gasteiger charge is 2.65. The van der Waals surface area contributed by atoms with Gasteiger partial charge in [0.2, 0.25) is 0 Å². The molecule has 2 N–H and O–H groups in total. The Morgan fingerprint density at radius 2 is 1.12 bits per heavy atom. The van der Waals surface area contributed by atoms with E-state index in [0.717, 1.165) is 25.7 Å². The molecule has 0 aromatic rings. The molecule has 94 valence electrons. The Bertz CT molecular complexity index is 261. The number of hydroxylamine groups is 4. The molecule has 1 saturated heterocycles. The van der Waals surface area contributed by atoms with Crippen LogP contribution in [0.15, 0.2) is 0 Å². The minimum atomic E-state index is -0.564. The molecule has 0 atom stereocenters. The van der Waals surface area contributed by atoms with E-state index in [1.54, 1.807) is 0 Å². The summed E-state index contributed by atoms with van der Waals surface area (Å²) in [5.74, 6) is 0. The van der Waals surface area contributed by atoms with Crippen molar-refractivity contribution < 1.29 is 10.4 Å². The molecule has 1 aliphatic heterocycles. The van der Waals surface area contributed by atoms with E-state index >= 15 is 0 Å². The van der Waals surface area contributed by atoms with Gasteiger partial charge in [0.25, 0.3) is 0 Å². The van der Waals surface area contributed by atoms with Gasteiger partial charge in [-0.2, -0.15) is 10.1 Å². The molecule has 0 aromatic heterocycles. The van der Waals surface area contributed by atoms with E-state index in [0.29, 0.717) is 0 Å². The molecule has 0 bridgehead atoms. The van der Waals surface area contributed by atoms with E-state index < -0.39 is 16.7 Å². The van der Waals surface area contributed by atoms with E-state index in [1.165, 1.54) is 16.5 Å². The fourth-order valence-electron chi connectivity index (χ4n) is 3.19. The molecular weight excluding hydrogens is 204 g/mol. The zero-order chi connectivity index (χ0) is 12.2. The highest BCUT2D eigenvalue weighted by atomic mass is 16.6. The van der Waals surface area contributed by atoms with Crippen molar-refractivity contribution in [2.45, 2.75) is 76.5 Å². The van der Waals surface area contributed by atoms with E-state index in [-0.39, 0.29) is 0 Å². The summed E-state index contributed by atoms with van der Waals surface area (Å²) in [7, 11) is 0. The first-order chi connectivity index (χ1) is 7.27. The van der Waals surface area contributed by atoms with Crippen molar-refractivity contribution in [3.8, 4) is 0 Å². The quantitative estimate of drug-likeness (QED) is 0.669. The highest BCUT2D eigenvalue weighted by molar-refractivity contribution is 5.12. The summed E-state index contributed by atoms with van der Waals surface area (Å²) in [6, 6.07) is 0. The van der Waals surface area contributed by atoms with Gasteiger partial charge < -0.3 is 10.4 Å². The van der Waals surface area contributed by atoms with Crippen LogP contribution < -0.4 is 0 Å². The molecule has 4 nitrogen and oxygen atoms in total. The molecule has 1 saturated carbocycles. The first kappa shape index (κ1) is 12.3. The molecule has 16 heavy (non-hydrogen) atoms. The molecule has 2 fully saturated rings. The summed E-state index contributed by atoms with van der Waals surface area (Å²) in [6.45, 7) is 7.94. The fraction of sp³-hybridized carbons (Fsp3) is 1.00. The minimum absolute atomic E-state index is 0.445. The zero-order valence-corrected chi connectivity index (χ0v) is 10.8. The van der Waals surface area contributed by atoms with Crippen LogP contribution in [0.25, 0.3) is 0 Å². The number of nitrogens with zero attached hydrogens (tertiary/aromatic N) is 2. The summed E-state index contributed by atoms with van der Waals surface area (Å²) in [5.41, 5.74) is -1.45. The third-order valence-corrected chi connectivity index (χ3v) is 5.00. The molecule has 2 aliphatic rings. The van der Waals surface area contributed by atoms with Crippen molar-refractivity contribution in [3.05, 3.63) is 0 Å². The predicted octanol–water partition coefficient (Wildman–Crippen LogP) is 2.60. The molecule has 1 spiro atoms. The van der Waals surface area contributed by atoms with Gasteiger partial charge in [0, 0.05) is 0 Å². The Kier molecular flexibility index (Phi) is 2.63. The normalized spacial score (nSPS) is 33.4. The summed E-state index contributed by atoms with van der Waals surface area (Å²) in [5, 5.41) is 23.7. The first-order valence-corrected chi connectivity index (χ1v) is 6.25. The average Bonchev–Trinajstić information content (AvgIpc) is 2.34. The van der Waals surface area contributed by atoms with E-state index in [9.17, 15) is 10.4 Å². The second kappa shape index (κ2) is 3.42. The van der Waals surface area contributed by atoms with Crippen LogP contribution in [0.1, 0.15) is 59.8 Å². The Morgan fingerprint density at radius 1 is 0.750 bits per heavy atom. The van der Waals surface area contributed by atoms with Gasteiger partial charge in [0.05, 0.1) is 11.1 Å². The fourth-order valence-corrected chi connectivity index (χ4v) is 3.19. The summed E-state index contributed by atoms with van der Waals surface area (Å²) in [4.78, 5) is 0. The Labute approximate surface area is 97.8 Å². The second-order valence-corrected chi connectivity index (χ2v) is 6.28. The maximum absolute atomic E-state index is 10.5. The minimum Gasteiger partial charge on any atom is -0.311 e. The van der Waals surface area contributed by atoms with Crippen molar-refractivity contribution in [2.24, 2.45) is 0 Å². The lowest BCUT2D eigenvalue weighted by Crippen LogP contribution is -2.55. The van der Waals surface area contributed by atoms with E-state index in [4.69, 9.17) is 0 Å². The zero-order valence-electron chi connectivity index (χ0n) is 10.8. The van der Waals surface area contributed by atoms with Crippen LogP contribution in [0.2, 0.25) is 0 Å². The van der Waals surface area contributed by atoms with Gasteiger partial charge in [0.15, 0.2) is 0 Å². The second-order valence-electron chi connectivity index (χ2n) is 6.28. The first-order valence-electron chi connectivity index (χ1n) is 6.25. The van der Waals surface area contributed by atoms with Gasteiger partial charge in [-0.15, -0.1) is 0 Å². The summed E-state index contributed by atoms with van der Waals surface area (Å²) < 4.78 is 0. The van der Waals surface area contributed by atoms with Crippen LogP contribution >= 0.6 is 0 Å². The van der Waals surface area contributed by atoms with Crippen LogP contribution in [0, 0.1) is 0 Å². The van der Waals surface area contributed by atoms with Crippen molar-refractivity contribution in [1.82, 2.24) is 10.1 Å². The summed E-state index contributed by atoms with van der Waals surface area (Å²) >= 11 is 0. The Balaban J connectivity index is 2.41.